The first-order chi connectivity index (χ1) is 16.8. The van der Waals surface area contributed by atoms with Crippen molar-refractivity contribution in [3.05, 3.63) is 63.3 Å². The average Bonchev–Trinajstić information content (AvgIpc) is 3.25. The van der Waals surface area contributed by atoms with Crippen LogP contribution in [0, 0.1) is 5.41 Å². The van der Waals surface area contributed by atoms with Gasteiger partial charge in [-0.3, -0.25) is 9.89 Å². The molecule has 0 spiro atoms. The van der Waals surface area contributed by atoms with Gasteiger partial charge in [-0.2, -0.15) is 5.10 Å². The summed E-state index contributed by atoms with van der Waals surface area (Å²) < 4.78 is 18.0. The maximum Gasteiger partial charge on any atom is 0.164 e. The lowest BCUT2D eigenvalue weighted by Gasteiger charge is -2.38. The predicted molar refractivity (Wildman–Crippen MR) is 138 cm³/mol. The fourth-order valence-corrected chi connectivity index (χ4v) is 5.49. The molecule has 2 aliphatic rings. The number of carbonyl (C=O) groups is 1. The van der Waals surface area contributed by atoms with Gasteiger partial charge in [0.25, 0.3) is 0 Å². The van der Waals surface area contributed by atoms with Gasteiger partial charge >= 0.3 is 0 Å². The first-order valence-corrected chi connectivity index (χ1v) is 12.2. The molecule has 3 aromatic rings. The van der Waals surface area contributed by atoms with Gasteiger partial charge in [-0.05, 0) is 35.6 Å². The molecule has 1 aliphatic heterocycles. The lowest BCUT2D eigenvalue weighted by Crippen LogP contribution is -2.33. The number of H-pyrrole nitrogens is 1. The Bertz CT molecular complexity index is 1340. The number of carbonyl (C=O) groups excluding carboxylic acids is 1. The van der Waals surface area contributed by atoms with Crippen LogP contribution >= 0.6 is 15.9 Å². The molecule has 0 radical (unpaired) electrons. The Morgan fingerprint density at radius 3 is 2.29 bits per heavy atom. The number of hydrogen-bond acceptors (Lipinski definition) is 6. The minimum absolute atomic E-state index is 0.124. The van der Waals surface area contributed by atoms with Crippen molar-refractivity contribution >= 4 is 27.5 Å². The Labute approximate surface area is 213 Å². The number of halogens is 1. The van der Waals surface area contributed by atoms with E-state index >= 15 is 0 Å². The topological polar surface area (TPSA) is 85.5 Å². The zero-order valence-electron chi connectivity index (χ0n) is 20.4. The monoisotopic (exact) mass is 537 g/mol. The third-order valence-corrected chi connectivity index (χ3v) is 7.28. The minimum Gasteiger partial charge on any atom is -0.496 e. The molecule has 0 saturated carbocycles. The number of methoxy groups -OCH3 is 3. The number of nitrogens with zero attached hydrogens (tertiary/aromatic N) is 1. The summed E-state index contributed by atoms with van der Waals surface area (Å²) in [5.74, 6) is 2.20. The molecule has 2 heterocycles. The van der Waals surface area contributed by atoms with Crippen molar-refractivity contribution < 1.29 is 19.0 Å². The Balaban J connectivity index is 1.79. The summed E-state index contributed by atoms with van der Waals surface area (Å²) in [5, 5.41) is 11.3. The molecule has 2 N–H and O–H groups in total. The molecule has 35 heavy (non-hydrogen) atoms. The maximum absolute atomic E-state index is 13.7. The van der Waals surface area contributed by atoms with E-state index in [4.69, 9.17) is 14.2 Å². The Hall–Kier alpha value is -3.26. The van der Waals surface area contributed by atoms with Gasteiger partial charge in [-0.15, -0.1) is 0 Å². The van der Waals surface area contributed by atoms with Crippen molar-refractivity contribution in [1.82, 2.24) is 10.2 Å². The van der Waals surface area contributed by atoms with Crippen LogP contribution in [-0.4, -0.2) is 37.3 Å². The molecular weight excluding hydrogens is 510 g/mol. The molecule has 0 fully saturated rings. The van der Waals surface area contributed by atoms with Crippen LogP contribution in [0.5, 0.6) is 17.2 Å². The van der Waals surface area contributed by atoms with Crippen LogP contribution in [0.15, 0.2) is 52.1 Å². The number of rotatable bonds is 5. The molecule has 0 unspecified atom stereocenters. The quantitative estimate of drug-likeness (QED) is 0.411. The van der Waals surface area contributed by atoms with Crippen molar-refractivity contribution in [2.45, 2.75) is 32.6 Å². The van der Waals surface area contributed by atoms with Gasteiger partial charge in [0.15, 0.2) is 23.1 Å². The number of hydrogen-bond donors (Lipinski definition) is 2. The Morgan fingerprint density at radius 2 is 1.63 bits per heavy atom. The third kappa shape index (κ3) is 3.99. The summed E-state index contributed by atoms with van der Waals surface area (Å²) in [5.41, 5.74) is 5.08. The molecule has 0 bridgehead atoms. The van der Waals surface area contributed by atoms with Crippen molar-refractivity contribution in [2.24, 2.45) is 5.41 Å². The number of fused-ring (bicyclic) bond motifs is 1. The van der Waals surface area contributed by atoms with Crippen LogP contribution < -0.4 is 19.5 Å². The van der Waals surface area contributed by atoms with Crippen LogP contribution in [0.1, 0.15) is 43.7 Å². The van der Waals surface area contributed by atoms with Crippen molar-refractivity contribution in [3.63, 3.8) is 0 Å². The third-order valence-electron chi connectivity index (χ3n) is 6.75. The lowest BCUT2D eigenvalue weighted by atomic mass is 9.68. The smallest absolute Gasteiger partial charge is 0.164 e. The summed E-state index contributed by atoms with van der Waals surface area (Å²) in [6.07, 6.45) is 1.22. The highest BCUT2D eigenvalue weighted by Gasteiger charge is 2.44. The largest absolute Gasteiger partial charge is 0.496 e. The van der Waals surface area contributed by atoms with Crippen molar-refractivity contribution in [1.29, 1.82) is 0 Å². The van der Waals surface area contributed by atoms with E-state index in [1.807, 2.05) is 36.4 Å². The fraction of sp³-hybridized carbons (Fsp3) is 0.333. The van der Waals surface area contributed by atoms with E-state index in [-0.39, 0.29) is 11.2 Å². The summed E-state index contributed by atoms with van der Waals surface area (Å²) in [6.45, 7) is 4.24. The highest BCUT2D eigenvalue weighted by Crippen LogP contribution is 2.53. The normalized spacial score (nSPS) is 18.5. The summed E-state index contributed by atoms with van der Waals surface area (Å²) in [6, 6.07) is 11.8. The average molecular weight is 538 g/mol. The number of ketones is 1. The fourth-order valence-electron chi connectivity index (χ4n) is 5.22. The van der Waals surface area contributed by atoms with E-state index in [1.54, 1.807) is 21.3 Å². The number of allylic oxidation sites excluding steroid dienone is 2. The lowest BCUT2D eigenvalue weighted by molar-refractivity contribution is -0.118. The zero-order chi connectivity index (χ0) is 24.9. The summed E-state index contributed by atoms with van der Waals surface area (Å²) in [4.78, 5) is 13.7. The number of Topliss-reactive ketones (excluding diaryl/α,β-unsaturated/α-hetero) is 1. The second-order valence-corrected chi connectivity index (χ2v) is 10.6. The molecule has 5 rings (SSSR count). The first kappa shape index (κ1) is 23.5. The Kier molecular flexibility index (Phi) is 5.87. The van der Waals surface area contributed by atoms with Gasteiger partial charge in [0, 0.05) is 45.3 Å². The zero-order valence-corrected chi connectivity index (χ0v) is 22.0. The standard InChI is InChI=1S/C27H28BrN3O4/c1-27(2)12-17-23(18(32)13-27)22(16-10-20(34-4)21(35-5)11-19(16)33-3)24-25(30-31-26(24)29-17)14-6-8-15(28)9-7-14/h6-11,22H,12-13H2,1-5H3,(H2,29,30,31)/t22-/m0/s1. The first-order valence-electron chi connectivity index (χ1n) is 11.4. The SMILES string of the molecule is COc1cc(OC)c([C@H]2C3=C(CC(C)(C)CC3=O)Nc3n[nH]c(-c4ccc(Br)cc4)c32)cc1OC. The predicted octanol–water partition coefficient (Wildman–Crippen LogP) is 6.07. The number of ether oxygens (including phenoxy) is 3. The Morgan fingerprint density at radius 1 is 0.971 bits per heavy atom. The molecule has 1 aliphatic carbocycles. The van der Waals surface area contributed by atoms with E-state index < -0.39 is 5.92 Å². The van der Waals surface area contributed by atoms with E-state index in [0.29, 0.717) is 29.5 Å². The van der Waals surface area contributed by atoms with Gasteiger partial charge in [-0.1, -0.05) is 41.9 Å². The summed E-state index contributed by atoms with van der Waals surface area (Å²) in [7, 11) is 4.82. The number of benzene rings is 2. The maximum atomic E-state index is 13.7. The summed E-state index contributed by atoms with van der Waals surface area (Å²) >= 11 is 3.51. The van der Waals surface area contributed by atoms with Gasteiger partial charge in [-0.25, -0.2) is 0 Å². The van der Waals surface area contributed by atoms with Crippen LogP contribution in [0.2, 0.25) is 0 Å². The molecule has 0 saturated heterocycles. The molecule has 0 amide bonds. The molecular formula is C27H28BrN3O4. The molecule has 7 nitrogen and oxygen atoms in total. The van der Waals surface area contributed by atoms with Crippen molar-refractivity contribution in [3.8, 4) is 28.5 Å². The number of aromatic nitrogens is 2. The second kappa shape index (κ2) is 8.75. The van der Waals surface area contributed by atoms with Gasteiger partial charge in [0.05, 0.1) is 27.0 Å². The highest BCUT2D eigenvalue weighted by atomic mass is 79.9. The van der Waals surface area contributed by atoms with Gasteiger partial charge < -0.3 is 19.5 Å². The highest BCUT2D eigenvalue weighted by molar-refractivity contribution is 9.10. The van der Waals surface area contributed by atoms with Crippen LogP contribution in [-0.2, 0) is 4.79 Å². The molecule has 2 aromatic carbocycles. The number of aromatic amines is 1. The van der Waals surface area contributed by atoms with E-state index in [2.05, 4.69) is 45.3 Å². The molecule has 1 atom stereocenters. The molecule has 8 heteroatoms. The van der Waals surface area contributed by atoms with Crippen molar-refractivity contribution in [2.75, 3.05) is 26.6 Å². The van der Waals surface area contributed by atoms with Crippen LogP contribution in [0.4, 0.5) is 5.82 Å². The van der Waals surface area contributed by atoms with E-state index in [9.17, 15) is 4.79 Å². The number of nitrogens with one attached hydrogen (secondary N) is 2. The minimum atomic E-state index is -0.392. The van der Waals surface area contributed by atoms with Crippen LogP contribution in [0.3, 0.4) is 0 Å². The van der Waals surface area contributed by atoms with E-state index in [0.717, 1.165) is 44.5 Å². The van der Waals surface area contributed by atoms with Gasteiger partial charge in [0.2, 0.25) is 0 Å². The van der Waals surface area contributed by atoms with Gasteiger partial charge in [0.1, 0.15) is 5.75 Å². The molecule has 1 aromatic heterocycles. The van der Waals surface area contributed by atoms with E-state index in [1.165, 1.54) is 0 Å². The van der Waals surface area contributed by atoms with Crippen LogP contribution in [0.25, 0.3) is 11.3 Å². The molecule has 182 valence electrons. The second-order valence-electron chi connectivity index (χ2n) is 9.71. The number of anilines is 1.